The van der Waals surface area contributed by atoms with Gasteiger partial charge in [0.2, 0.25) is 5.91 Å². The number of nitrogens with zero attached hydrogens (tertiary/aromatic N) is 1. The molecule has 1 amide bonds. The number of rotatable bonds is 5. The summed E-state index contributed by atoms with van der Waals surface area (Å²) in [5, 5.41) is 3.37. The highest BCUT2D eigenvalue weighted by Gasteiger charge is 2.14. The summed E-state index contributed by atoms with van der Waals surface area (Å²) >= 11 is 0. The maximum atomic E-state index is 12.4. The molecule has 0 unspecified atom stereocenters. The first-order valence-electron chi connectivity index (χ1n) is 7.85. The van der Waals surface area contributed by atoms with E-state index in [1.54, 1.807) is 13.1 Å². The molecular weight excluding hydrogens is 290 g/mol. The Kier molecular flexibility index (Phi) is 5.21. The molecule has 23 heavy (non-hydrogen) atoms. The van der Waals surface area contributed by atoms with Gasteiger partial charge in [-0.1, -0.05) is 6.07 Å². The number of aromatic amines is 1. The van der Waals surface area contributed by atoms with Crippen molar-refractivity contribution in [2.75, 3.05) is 14.1 Å². The summed E-state index contributed by atoms with van der Waals surface area (Å²) in [6, 6.07) is 5.74. The van der Waals surface area contributed by atoms with E-state index in [0.717, 1.165) is 27.7 Å². The van der Waals surface area contributed by atoms with Gasteiger partial charge in [-0.2, -0.15) is 0 Å². The van der Waals surface area contributed by atoms with E-state index in [1.807, 2.05) is 33.9 Å². The Morgan fingerprint density at radius 3 is 2.65 bits per heavy atom. The molecule has 2 rings (SSSR count). The average molecular weight is 315 g/mol. The minimum absolute atomic E-state index is 0.0164. The van der Waals surface area contributed by atoms with Crippen LogP contribution in [0, 0.1) is 13.8 Å². The number of benzene rings is 1. The minimum Gasteiger partial charge on any atom is -0.359 e. The fourth-order valence-electron chi connectivity index (χ4n) is 2.80. The monoisotopic (exact) mass is 315 g/mol. The highest BCUT2D eigenvalue weighted by Crippen LogP contribution is 2.17. The first-order valence-corrected chi connectivity index (χ1v) is 7.85. The van der Waals surface area contributed by atoms with Gasteiger partial charge in [-0.15, -0.1) is 0 Å². The van der Waals surface area contributed by atoms with E-state index in [4.69, 9.17) is 0 Å². The van der Waals surface area contributed by atoms with E-state index in [-0.39, 0.29) is 17.4 Å². The lowest BCUT2D eigenvalue weighted by molar-refractivity contribution is -0.121. The van der Waals surface area contributed by atoms with E-state index in [1.165, 1.54) is 0 Å². The molecule has 0 saturated heterocycles. The average Bonchev–Trinajstić information content (AvgIpc) is 2.48. The number of hydrogen-bond donors (Lipinski definition) is 2. The van der Waals surface area contributed by atoms with Crippen LogP contribution in [0.1, 0.15) is 30.2 Å². The van der Waals surface area contributed by atoms with Gasteiger partial charge in [-0.3, -0.25) is 14.5 Å². The molecule has 2 aromatic rings. The Morgan fingerprint density at radius 1 is 1.30 bits per heavy atom. The van der Waals surface area contributed by atoms with Crippen LogP contribution in [0.5, 0.6) is 0 Å². The standard InChI is InChI=1S/C18H25N3O2/c1-11-6-12(2)18-15(7-11)16(22)9-14(20-18)10-21(5)13(3)8-17(23)19-4/h6-7,9,13H,8,10H2,1-5H3,(H,19,23)(H,20,22)/t13-/m1/s1. The number of carbonyl (C=O) groups excluding carboxylic acids is 1. The Morgan fingerprint density at radius 2 is 2.00 bits per heavy atom. The zero-order chi connectivity index (χ0) is 17.1. The fraction of sp³-hybridized carbons (Fsp3) is 0.444. The van der Waals surface area contributed by atoms with Gasteiger partial charge in [-0.25, -0.2) is 0 Å². The Bertz CT molecular complexity index is 780. The Labute approximate surface area is 136 Å². The molecule has 1 heterocycles. The lowest BCUT2D eigenvalue weighted by atomic mass is 10.1. The highest BCUT2D eigenvalue weighted by molar-refractivity contribution is 5.82. The van der Waals surface area contributed by atoms with Crippen molar-refractivity contribution in [2.24, 2.45) is 0 Å². The highest BCUT2D eigenvalue weighted by atomic mass is 16.1. The molecule has 1 atom stereocenters. The number of H-pyrrole nitrogens is 1. The number of carbonyl (C=O) groups is 1. The fourth-order valence-corrected chi connectivity index (χ4v) is 2.80. The second-order valence-corrected chi connectivity index (χ2v) is 6.30. The van der Waals surface area contributed by atoms with Gasteiger partial charge in [0.1, 0.15) is 0 Å². The summed E-state index contributed by atoms with van der Waals surface area (Å²) in [4.78, 5) is 29.3. The van der Waals surface area contributed by atoms with E-state index in [0.29, 0.717) is 13.0 Å². The first kappa shape index (κ1) is 17.2. The molecule has 0 aliphatic rings. The normalized spacial score (nSPS) is 12.6. The number of hydrogen-bond acceptors (Lipinski definition) is 3. The van der Waals surface area contributed by atoms with Crippen LogP contribution >= 0.6 is 0 Å². The topological polar surface area (TPSA) is 65.2 Å². The van der Waals surface area contributed by atoms with Crippen molar-refractivity contribution < 1.29 is 4.79 Å². The Balaban J connectivity index is 2.27. The van der Waals surface area contributed by atoms with Crippen LogP contribution in [0.25, 0.3) is 10.9 Å². The zero-order valence-electron chi connectivity index (χ0n) is 14.5. The van der Waals surface area contributed by atoms with Crippen LogP contribution in [0.15, 0.2) is 23.0 Å². The molecule has 124 valence electrons. The van der Waals surface area contributed by atoms with Crippen molar-refractivity contribution >= 4 is 16.8 Å². The van der Waals surface area contributed by atoms with Gasteiger partial charge in [0.15, 0.2) is 5.43 Å². The number of pyridine rings is 1. The lowest BCUT2D eigenvalue weighted by Crippen LogP contribution is -2.34. The first-order chi connectivity index (χ1) is 10.8. The number of aromatic nitrogens is 1. The number of fused-ring (bicyclic) bond motifs is 1. The van der Waals surface area contributed by atoms with Crippen molar-refractivity contribution in [3.05, 3.63) is 45.2 Å². The van der Waals surface area contributed by atoms with Gasteiger partial charge in [0.25, 0.3) is 0 Å². The zero-order valence-corrected chi connectivity index (χ0v) is 14.5. The van der Waals surface area contributed by atoms with Crippen LogP contribution < -0.4 is 10.7 Å². The number of aryl methyl sites for hydroxylation is 2. The molecule has 5 heteroatoms. The molecule has 0 saturated carbocycles. The third kappa shape index (κ3) is 3.99. The van der Waals surface area contributed by atoms with E-state index >= 15 is 0 Å². The predicted octanol–water partition coefficient (Wildman–Crippen LogP) is 2.10. The molecular formula is C18H25N3O2. The van der Waals surface area contributed by atoms with Gasteiger partial charge < -0.3 is 10.3 Å². The van der Waals surface area contributed by atoms with Crippen LogP contribution in [0.3, 0.4) is 0 Å². The maximum absolute atomic E-state index is 12.4. The summed E-state index contributed by atoms with van der Waals surface area (Å²) in [6.07, 6.45) is 0.434. The van der Waals surface area contributed by atoms with Crippen molar-refractivity contribution in [3.8, 4) is 0 Å². The molecule has 5 nitrogen and oxygen atoms in total. The van der Waals surface area contributed by atoms with E-state index in [2.05, 4.69) is 21.3 Å². The summed E-state index contributed by atoms with van der Waals surface area (Å²) in [5.41, 5.74) is 3.95. The second-order valence-electron chi connectivity index (χ2n) is 6.30. The quantitative estimate of drug-likeness (QED) is 0.888. The van der Waals surface area contributed by atoms with Crippen molar-refractivity contribution in [2.45, 2.75) is 39.8 Å². The summed E-state index contributed by atoms with van der Waals surface area (Å²) in [7, 11) is 3.60. The lowest BCUT2D eigenvalue weighted by Gasteiger charge is -2.24. The van der Waals surface area contributed by atoms with Gasteiger partial charge in [-0.05, 0) is 45.0 Å². The van der Waals surface area contributed by atoms with Crippen LogP contribution in [-0.4, -0.2) is 35.9 Å². The number of amides is 1. The van der Waals surface area contributed by atoms with Crippen molar-refractivity contribution in [1.82, 2.24) is 15.2 Å². The molecule has 0 bridgehead atoms. The van der Waals surface area contributed by atoms with Crippen molar-refractivity contribution in [3.63, 3.8) is 0 Å². The summed E-state index contributed by atoms with van der Waals surface area (Å²) in [6.45, 7) is 6.60. The summed E-state index contributed by atoms with van der Waals surface area (Å²) in [5.74, 6) is 0.0164. The third-order valence-electron chi connectivity index (χ3n) is 4.27. The molecule has 0 fully saturated rings. The molecule has 0 aliphatic carbocycles. The van der Waals surface area contributed by atoms with Gasteiger partial charge in [0.05, 0.1) is 5.52 Å². The molecule has 1 aromatic carbocycles. The Hall–Kier alpha value is -2.14. The van der Waals surface area contributed by atoms with E-state index in [9.17, 15) is 9.59 Å². The predicted molar refractivity (Wildman–Crippen MR) is 93.7 cm³/mol. The largest absolute Gasteiger partial charge is 0.359 e. The second kappa shape index (κ2) is 6.96. The van der Waals surface area contributed by atoms with E-state index < -0.39 is 0 Å². The molecule has 1 aromatic heterocycles. The van der Waals surface area contributed by atoms with Gasteiger partial charge >= 0.3 is 0 Å². The molecule has 0 radical (unpaired) electrons. The van der Waals surface area contributed by atoms with Crippen molar-refractivity contribution in [1.29, 1.82) is 0 Å². The van der Waals surface area contributed by atoms with Crippen LogP contribution in [0.2, 0.25) is 0 Å². The minimum atomic E-state index is 0.0164. The van der Waals surface area contributed by atoms with Crippen LogP contribution in [-0.2, 0) is 11.3 Å². The smallest absolute Gasteiger partial charge is 0.221 e. The maximum Gasteiger partial charge on any atom is 0.221 e. The summed E-state index contributed by atoms with van der Waals surface area (Å²) < 4.78 is 0. The van der Waals surface area contributed by atoms with Crippen LogP contribution in [0.4, 0.5) is 0 Å². The molecule has 0 aliphatic heterocycles. The van der Waals surface area contributed by atoms with Gasteiger partial charge in [0, 0.05) is 43.2 Å². The molecule has 2 N–H and O–H groups in total. The molecule has 0 spiro atoms. The SMILES string of the molecule is CNC(=O)C[C@@H](C)N(C)Cc1cc(=O)c2cc(C)cc(C)c2[nH]1. The third-order valence-corrected chi connectivity index (χ3v) is 4.27. The number of nitrogens with one attached hydrogen (secondary N) is 2.